The van der Waals surface area contributed by atoms with Gasteiger partial charge in [-0.05, 0) is 55.3 Å². The number of amides is 1. The van der Waals surface area contributed by atoms with Gasteiger partial charge in [0.15, 0.2) is 0 Å². The summed E-state index contributed by atoms with van der Waals surface area (Å²) in [7, 11) is 0. The third-order valence-corrected chi connectivity index (χ3v) is 4.80. The number of primary amides is 1. The monoisotopic (exact) mass is 338 g/mol. The molecule has 1 atom stereocenters. The van der Waals surface area contributed by atoms with Crippen LogP contribution in [-0.2, 0) is 11.3 Å². The lowest BCUT2D eigenvalue weighted by molar-refractivity contribution is -0.122. The van der Waals surface area contributed by atoms with Gasteiger partial charge in [0, 0.05) is 11.9 Å². The normalized spacial score (nSPS) is 18.0. The summed E-state index contributed by atoms with van der Waals surface area (Å²) >= 11 is 0. The molecule has 0 bridgehead atoms. The molecule has 4 rings (SSSR count). The molecule has 0 saturated carbocycles. The highest BCUT2D eigenvalue weighted by atomic mass is 19.1. The Kier molecular flexibility index (Phi) is 4.01. The van der Waals surface area contributed by atoms with Crippen molar-refractivity contribution in [1.29, 1.82) is 0 Å². The Balaban J connectivity index is 1.63. The number of nitrogens with zero attached hydrogens (tertiary/aromatic N) is 1. The summed E-state index contributed by atoms with van der Waals surface area (Å²) in [5.41, 5.74) is 7.74. The van der Waals surface area contributed by atoms with Gasteiger partial charge in [-0.3, -0.25) is 9.69 Å². The molecule has 3 aromatic rings. The van der Waals surface area contributed by atoms with E-state index in [1.807, 2.05) is 24.3 Å². The van der Waals surface area contributed by atoms with Gasteiger partial charge in [-0.25, -0.2) is 4.39 Å². The second kappa shape index (κ2) is 6.33. The second-order valence-electron chi connectivity index (χ2n) is 6.49. The Morgan fingerprint density at radius 3 is 2.88 bits per heavy atom. The lowest BCUT2D eigenvalue weighted by Crippen LogP contribution is -2.39. The van der Waals surface area contributed by atoms with E-state index in [0.29, 0.717) is 17.9 Å². The molecule has 2 N–H and O–H groups in total. The van der Waals surface area contributed by atoms with Crippen LogP contribution in [0.4, 0.5) is 4.39 Å². The SMILES string of the molecule is NC(=O)[C@@H]1CCCN1Cc1ccc2oc(-c3ccccc3F)cc2c1. The molecule has 1 amide bonds. The van der Waals surface area contributed by atoms with E-state index in [9.17, 15) is 9.18 Å². The number of carbonyl (C=O) groups is 1. The molecule has 0 unspecified atom stereocenters. The Bertz CT molecular complexity index is 934. The summed E-state index contributed by atoms with van der Waals surface area (Å²) in [4.78, 5) is 13.6. The molecular weight excluding hydrogens is 319 g/mol. The van der Waals surface area contributed by atoms with Crippen molar-refractivity contribution in [2.45, 2.75) is 25.4 Å². The lowest BCUT2D eigenvalue weighted by Gasteiger charge is -2.21. The highest BCUT2D eigenvalue weighted by Crippen LogP contribution is 2.30. The Labute approximate surface area is 145 Å². The van der Waals surface area contributed by atoms with Crippen molar-refractivity contribution in [3.05, 3.63) is 59.9 Å². The number of halogens is 1. The largest absolute Gasteiger partial charge is 0.456 e. The van der Waals surface area contributed by atoms with Crippen molar-refractivity contribution in [2.75, 3.05) is 6.54 Å². The van der Waals surface area contributed by atoms with Crippen molar-refractivity contribution in [2.24, 2.45) is 5.73 Å². The van der Waals surface area contributed by atoms with Crippen LogP contribution in [-0.4, -0.2) is 23.4 Å². The van der Waals surface area contributed by atoms with Crippen LogP contribution in [0, 0.1) is 5.82 Å². The number of fused-ring (bicyclic) bond motifs is 1. The van der Waals surface area contributed by atoms with Crippen molar-refractivity contribution in [1.82, 2.24) is 4.90 Å². The van der Waals surface area contributed by atoms with Crippen LogP contribution in [0.2, 0.25) is 0 Å². The number of hydrogen-bond acceptors (Lipinski definition) is 3. The van der Waals surface area contributed by atoms with Gasteiger partial charge in [0.1, 0.15) is 17.2 Å². The minimum atomic E-state index is -0.303. The van der Waals surface area contributed by atoms with E-state index in [0.717, 1.165) is 35.9 Å². The first-order valence-corrected chi connectivity index (χ1v) is 8.42. The van der Waals surface area contributed by atoms with Crippen molar-refractivity contribution in [3.8, 4) is 11.3 Å². The third-order valence-electron chi connectivity index (χ3n) is 4.80. The Morgan fingerprint density at radius 2 is 2.08 bits per heavy atom. The molecule has 2 aromatic carbocycles. The van der Waals surface area contributed by atoms with Gasteiger partial charge < -0.3 is 10.2 Å². The standard InChI is InChI=1S/C20H19FN2O2/c21-16-5-2-1-4-15(16)19-11-14-10-13(7-8-18(14)25-19)12-23-9-3-6-17(23)20(22)24/h1-2,4-5,7-8,10-11,17H,3,6,9,12H2,(H2,22,24)/t17-/m0/s1. The van der Waals surface area contributed by atoms with Gasteiger partial charge in [-0.1, -0.05) is 18.2 Å². The first-order chi connectivity index (χ1) is 12.1. The second-order valence-corrected chi connectivity index (χ2v) is 6.49. The predicted molar refractivity (Wildman–Crippen MR) is 94.2 cm³/mol. The summed E-state index contributed by atoms with van der Waals surface area (Å²) in [6, 6.07) is 14.1. The van der Waals surface area contributed by atoms with E-state index in [4.69, 9.17) is 10.2 Å². The highest BCUT2D eigenvalue weighted by Gasteiger charge is 2.28. The third kappa shape index (κ3) is 3.03. The van der Waals surface area contributed by atoms with Crippen molar-refractivity contribution in [3.63, 3.8) is 0 Å². The lowest BCUT2D eigenvalue weighted by atomic mass is 10.1. The zero-order chi connectivity index (χ0) is 17.4. The number of rotatable bonds is 4. The fraction of sp³-hybridized carbons (Fsp3) is 0.250. The molecule has 0 spiro atoms. The maximum atomic E-state index is 14.0. The van der Waals surface area contributed by atoms with E-state index in [1.165, 1.54) is 6.07 Å². The first kappa shape index (κ1) is 15.8. The van der Waals surface area contributed by atoms with E-state index in [-0.39, 0.29) is 17.8 Å². The highest BCUT2D eigenvalue weighted by molar-refractivity contribution is 5.83. The number of likely N-dealkylation sites (tertiary alicyclic amines) is 1. The molecule has 25 heavy (non-hydrogen) atoms. The van der Waals surface area contributed by atoms with Crippen molar-refractivity contribution >= 4 is 16.9 Å². The van der Waals surface area contributed by atoms with E-state index < -0.39 is 0 Å². The van der Waals surface area contributed by atoms with Crippen LogP contribution in [0.1, 0.15) is 18.4 Å². The number of benzene rings is 2. The van der Waals surface area contributed by atoms with Gasteiger partial charge in [0.25, 0.3) is 0 Å². The molecule has 1 aliphatic heterocycles. The number of carbonyl (C=O) groups excluding carboxylic acids is 1. The minimum Gasteiger partial charge on any atom is -0.456 e. The molecule has 1 saturated heterocycles. The zero-order valence-electron chi connectivity index (χ0n) is 13.7. The van der Waals surface area contributed by atoms with Gasteiger partial charge in [-0.2, -0.15) is 0 Å². The molecular formula is C20H19FN2O2. The van der Waals surface area contributed by atoms with Crippen LogP contribution in [0.15, 0.2) is 52.9 Å². The quantitative estimate of drug-likeness (QED) is 0.789. The summed E-state index contributed by atoms with van der Waals surface area (Å²) in [5, 5.41) is 0.922. The van der Waals surface area contributed by atoms with Crippen LogP contribution < -0.4 is 5.73 Å². The van der Waals surface area contributed by atoms with Crippen molar-refractivity contribution < 1.29 is 13.6 Å². The molecule has 1 aromatic heterocycles. The van der Waals surface area contributed by atoms with Gasteiger partial charge >= 0.3 is 0 Å². The summed E-state index contributed by atoms with van der Waals surface area (Å²) in [6.45, 7) is 1.54. The van der Waals surface area contributed by atoms with E-state index in [1.54, 1.807) is 18.2 Å². The van der Waals surface area contributed by atoms with Gasteiger partial charge in [-0.15, -0.1) is 0 Å². The van der Waals surface area contributed by atoms with Gasteiger partial charge in [0.2, 0.25) is 5.91 Å². The minimum absolute atomic E-state index is 0.186. The number of furan rings is 1. The molecule has 0 aliphatic carbocycles. The Morgan fingerprint density at radius 1 is 1.24 bits per heavy atom. The number of hydrogen-bond donors (Lipinski definition) is 1. The number of nitrogens with two attached hydrogens (primary N) is 1. The van der Waals surface area contributed by atoms with Crippen LogP contribution in [0.3, 0.4) is 0 Å². The molecule has 0 radical (unpaired) electrons. The molecule has 4 nitrogen and oxygen atoms in total. The fourth-order valence-electron chi connectivity index (χ4n) is 3.56. The molecule has 2 heterocycles. The fourth-order valence-corrected chi connectivity index (χ4v) is 3.56. The molecule has 128 valence electrons. The topological polar surface area (TPSA) is 59.5 Å². The zero-order valence-corrected chi connectivity index (χ0v) is 13.7. The average Bonchev–Trinajstić information content (AvgIpc) is 3.21. The smallest absolute Gasteiger partial charge is 0.234 e. The maximum Gasteiger partial charge on any atom is 0.234 e. The summed E-state index contributed by atoms with van der Waals surface area (Å²) in [6.07, 6.45) is 1.81. The maximum absolute atomic E-state index is 14.0. The molecule has 1 aliphatic rings. The predicted octanol–water partition coefficient (Wildman–Crippen LogP) is 3.69. The van der Waals surface area contributed by atoms with Crippen LogP contribution in [0.25, 0.3) is 22.3 Å². The molecule has 5 heteroatoms. The van der Waals surface area contributed by atoms with E-state index >= 15 is 0 Å². The van der Waals surface area contributed by atoms with Crippen LogP contribution in [0.5, 0.6) is 0 Å². The summed E-state index contributed by atoms with van der Waals surface area (Å²) in [5.74, 6) is -0.0479. The first-order valence-electron chi connectivity index (χ1n) is 8.42. The average molecular weight is 338 g/mol. The van der Waals surface area contributed by atoms with Gasteiger partial charge in [0.05, 0.1) is 11.6 Å². The Hall–Kier alpha value is -2.66. The summed E-state index contributed by atoms with van der Waals surface area (Å²) < 4.78 is 19.8. The molecule has 1 fully saturated rings. The van der Waals surface area contributed by atoms with E-state index in [2.05, 4.69) is 4.90 Å². The van der Waals surface area contributed by atoms with Crippen LogP contribution >= 0.6 is 0 Å².